The molecule has 0 N–H and O–H groups in total. The molecule has 1 rings (SSSR count). The number of hydrogen-bond donors (Lipinski definition) is 0. The van der Waals surface area contributed by atoms with E-state index in [4.69, 9.17) is 0 Å². The summed E-state index contributed by atoms with van der Waals surface area (Å²) >= 11 is 0. The Morgan fingerprint density at radius 3 is 2.00 bits per heavy atom. The zero-order chi connectivity index (χ0) is 9.03. The van der Waals surface area contributed by atoms with Gasteiger partial charge in [-0.3, -0.25) is 0 Å². The third-order valence-corrected chi connectivity index (χ3v) is 2.29. The molecule has 0 amide bonds. The smallest absolute Gasteiger partial charge is 0.811 e. The molecule has 1 aromatic carbocycles. The molecule has 6 heteroatoms. The van der Waals surface area contributed by atoms with E-state index < -0.39 is 7.60 Å². The number of hydrogen-bond acceptors (Lipinski definition) is 3. The fraction of sp³-hybridized carbons (Fsp3) is 0.250. The van der Waals surface area contributed by atoms with E-state index in [0.29, 0.717) is 6.42 Å². The quantitative estimate of drug-likeness (QED) is 0.403. The Labute approximate surface area is 169 Å². The van der Waals surface area contributed by atoms with Gasteiger partial charge in [0.2, 0.25) is 0 Å². The van der Waals surface area contributed by atoms with Crippen LogP contribution in [-0.2, 0) is 11.0 Å². The van der Waals surface area contributed by atoms with Crippen LogP contribution in [0.5, 0.6) is 0 Å². The first kappa shape index (κ1) is 19.0. The van der Waals surface area contributed by atoms with Gasteiger partial charge in [0.15, 0.2) is 0 Å². The molecule has 0 aliphatic carbocycles. The molecule has 0 saturated heterocycles. The van der Waals surface area contributed by atoms with Crippen LogP contribution in [0.4, 0.5) is 0 Å². The summed E-state index contributed by atoms with van der Waals surface area (Å²) in [6, 6.07) is 9.08. The maximum Gasteiger partial charge on any atom is 1.00 e. The molecule has 0 aromatic heterocycles. The molecule has 1 aromatic rings. The summed E-state index contributed by atoms with van der Waals surface area (Å²) in [5.74, 6) is 0. The molecule has 0 heterocycles. The van der Waals surface area contributed by atoms with Gasteiger partial charge in [0.1, 0.15) is 0 Å². The Bertz CT molecular complexity index is 286. The van der Waals surface area contributed by atoms with Crippen molar-refractivity contribution in [2.24, 2.45) is 0 Å². The van der Waals surface area contributed by atoms with Crippen molar-refractivity contribution < 1.29 is 117 Å². The molecule has 0 unspecified atom stereocenters. The first-order valence-corrected chi connectivity index (χ1v) is 5.36. The van der Waals surface area contributed by atoms with E-state index in [0.717, 1.165) is 5.56 Å². The van der Waals surface area contributed by atoms with Crippen LogP contribution in [0.15, 0.2) is 30.3 Å². The molecule has 0 atom stereocenters. The molecule has 0 spiro atoms. The molecule has 14 heavy (non-hydrogen) atoms. The minimum Gasteiger partial charge on any atom is -0.811 e. The van der Waals surface area contributed by atoms with Gasteiger partial charge >= 0.3 is 103 Å². The molecule has 0 aliphatic rings. The topological polar surface area (TPSA) is 63.2 Å². The third kappa shape index (κ3) is 9.84. The summed E-state index contributed by atoms with van der Waals surface area (Å²) in [4.78, 5) is 20.6. The Morgan fingerprint density at radius 2 is 1.57 bits per heavy atom. The van der Waals surface area contributed by atoms with Gasteiger partial charge in [-0.25, -0.2) is 0 Å². The molecular formula is C8H9K2O3P. The second kappa shape index (κ2) is 9.65. The van der Waals surface area contributed by atoms with E-state index in [-0.39, 0.29) is 109 Å². The van der Waals surface area contributed by atoms with Gasteiger partial charge < -0.3 is 14.4 Å². The van der Waals surface area contributed by atoms with E-state index in [1.165, 1.54) is 0 Å². The minimum atomic E-state index is -4.33. The summed E-state index contributed by atoms with van der Waals surface area (Å²) < 4.78 is 10.3. The van der Waals surface area contributed by atoms with Crippen LogP contribution in [0.25, 0.3) is 0 Å². The van der Waals surface area contributed by atoms with Crippen LogP contribution in [0.1, 0.15) is 5.56 Å². The summed E-state index contributed by atoms with van der Waals surface area (Å²) in [5, 5.41) is 0. The van der Waals surface area contributed by atoms with Gasteiger partial charge in [-0.1, -0.05) is 37.9 Å². The van der Waals surface area contributed by atoms with Crippen molar-refractivity contribution in [3.8, 4) is 0 Å². The molecule has 3 nitrogen and oxygen atoms in total. The van der Waals surface area contributed by atoms with Gasteiger partial charge in [-0.15, -0.1) is 0 Å². The van der Waals surface area contributed by atoms with Crippen molar-refractivity contribution in [1.29, 1.82) is 0 Å². The predicted molar refractivity (Wildman–Crippen MR) is 42.6 cm³/mol. The third-order valence-electron chi connectivity index (χ3n) is 1.52. The Morgan fingerprint density at radius 1 is 1.07 bits per heavy atom. The van der Waals surface area contributed by atoms with Crippen molar-refractivity contribution >= 4 is 7.60 Å². The largest absolute Gasteiger partial charge is 1.00 e. The summed E-state index contributed by atoms with van der Waals surface area (Å²) in [5.41, 5.74) is 0.879. The first-order chi connectivity index (χ1) is 5.58. The van der Waals surface area contributed by atoms with Crippen molar-refractivity contribution in [3.63, 3.8) is 0 Å². The van der Waals surface area contributed by atoms with Crippen LogP contribution in [0.2, 0.25) is 0 Å². The Kier molecular flexibility index (Phi) is 13.1. The molecule has 0 radical (unpaired) electrons. The molecule has 0 aliphatic heterocycles. The zero-order valence-electron chi connectivity index (χ0n) is 8.47. The fourth-order valence-corrected chi connectivity index (χ4v) is 1.44. The average Bonchev–Trinajstić information content (AvgIpc) is 2.02. The van der Waals surface area contributed by atoms with Crippen molar-refractivity contribution in [2.75, 3.05) is 6.16 Å². The molecule has 66 valence electrons. The van der Waals surface area contributed by atoms with E-state index in [9.17, 15) is 14.4 Å². The van der Waals surface area contributed by atoms with Crippen LogP contribution >= 0.6 is 7.60 Å². The Balaban J connectivity index is 0. The normalized spacial score (nSPS) is 9.86. The summed E-state index contributed by atoms with van der Waals surface area (Å²) in [6.45, 7) is 0. The van der Waals surface area contributed by atoms with Gasteiger partial charge in [-0.2, -0.15) is 0 Å². The van der Waals surface area contributed by atoms with Crippen LogP contribution in [0, 0.1) is 0 Å². The fourth-order valence-electron chi connectivity index (χ4n) is 0.911. The average molecular weight is 262 g/mol. The first-order valence-electron chi connectivity index (χ1n) is 3.63. The molecule has 0 fully saturated rings. The Hall–Kier alpha value is 2.64. The maximum absolute atomic E-state index is 10.3. The van der Waals surface area contributed by atoms with Gasteiger partial charge in [0.25, 0.3) is 0 Å². The minimum absolute atomic E-state index is 0. The number of aryl methyl sites for hydroxylation is 1. The van der Waals surface area contributed by atoms with E-state index in [2.05, 4.69) is 0 Å². The molecular weight excluding hydrogens is 253 g/mol. The van der Waals surface area contributed by atoms with E-state index in [1.807, 2.05) is 18.2 Å². The standard InChI is InChI=1S/C8H11O3P.2K/c9-12(10,11)7-6-8-4-2-1-3-5-8;;/h1-5H,6-7H2,(H2,9,10,11);;/q;2*+1/p-2. The van der Waals surface area contributed by atoms with Crippen molar-refractivity contribution in [1.82, 2.24) is 0 Å². The maximum atomic E-state index is 10.3. The monoisotopic (exact) mass is 262 g/mol. The second-order valence-electron chi connectivity index (χ2n) is 2.57. The number of rotatable bonds is 3. The predicted octanol–water partition coefficient (Wildman–Crippen LogP) is -5.85. The number of benzene rings is 1. The summed E-state index contributed by atoms with van der Waals surface area (Å²) in [7, 11) is -4.33. The van der Waals surface area contributed by atoms with Crippen molar-refractivity contribution in [3.05, 3.63) is 35.9 Å². The van der Waals surface area contributed by atoms with Crippen LogP contribution in [-0.4, -0.2) is 6.16 Å². The van der Waals surface area contributed by atoms with E-state index in [1.54, 1.807) is 12.1 Å². The van der Waals surface area contributed by atoms with E-state index >= 15 is 0 Å². The van der Waals surface area contributed by atoms with Crippen LogP contribution in [0.3, 0.4) is 0 Å². The second-order valence-corrected chi connectivity index (χ2v) is 4.24. The van der Waals surface area contributed by atoms with Gasteiger partial charge in [0.05, 0.1) is 0 Å². The van der Waals surface area contributed by atoms with Crippen LogP contribution < -0.4 is 113 Å². The molecule has 0 saturated carbocycles. The van der Waals surface area contributed by atoms with Gasteiger partial charge in [-0.05, 0) is 18.1 Å². The summed E-state index contributed by atoms with van der Waals surface area (Å²) in [6.07, 6.45) is 0.0160. The molecule has 0 bridgehead atoms. The van der Waals surface area contributed by atoms with Crippen molar-refractivity contribution in [2.45, 2.75) is 6.42 Å². The zero-order valence-corrected chi connectivity index (χ0v) is 15.6. The SMILES string of the molecule is O=P([O-])([O-])CCc1ccccc1.[K+].[K+]. The van der Waals surface area contributed by atoms with Gasteiger partial charge in [0, 0.05) is 0 Å².